The molecule has 1 aliphatic rings. The average molecular weight is 412 g/mol. The van der Waals surface area contributed by atoms with E-state index in [1.807, 2.05) is 0 Å². The van der Waals surface area contributed by atoms with Crippen molar-refractivity contribution in [1.82, 2.24) is 5.32 Å². The minimum atomic E-state index is -3.83. The van der Waals surface area contributed by atoms with Gasteiger partial charge in [-0.05, 0) is 30.4 Å². The van der Waals surface area contributed by atoms with Gasteiger partial charge in [-0.25, -0.2) is 13.2 Å². The van der Waals surface area contributed by atoms with Gasteiger partial charge in [0.2, 0.25) is 0 Å². The van der Waals surface area contributed by atoms with Crippen molar-refractivity contribution in [2.45, 2.75) is 44.0 Å². The molecule has 0 heterocycles. The summed E-state index contributed by atoms with van der Waals surface area (Å²) in [7, 11) is -3.83. The van der Waals surface area contributed by atoms with E-state index in [1.54, 1.807) is 0 Å². The van der Waals surface area contributed by atoms with Gasteiger partial charge in [0.15, 0.2) is 16.4 Å². The average Bonchev–Trinajstić information content (AvgIpc) is 2.62. The van der Waals surface area contributed by atoms with Crippen LogP contribution in [0.15, 0.2) is 23.1 Å². The van der Waals surface area contributed by atoms with Gasteiger partial charge >= 0.3 is 5.97 Å². The number of hydrogen-bond donors (Lipinski definition) is 1. The van der Waals surface area contributed by atoms with Crippen molar-refractivity contribution in [2.75, 3.05) is 12.9 Å². The Balaban J connectivity index is 2.02. The molecule has 3 atom stereocenters. The maximum atomic E-state index is 12.1. The lowest BCUT2D eigenvalue weighted by Gasteiger charge is -2.34. The van der Waals surface area contributed by atoms with E-state index in [-0.39, 0.29) is 11.6 Å². The van der Waals surface area contributed by atoms with Crippen molar-refractivity contribution < 1.29 is 27.7 Å². The highest BCUT2D eigenvalue weighted by Gasteiger charge is 2.29. The summed E-state index contributed by atoms with van der Waals surface area (Å²) in [6.45, 7) is 3.69. The number of nitro benzene ring substituents is 1. The van der Waals surface area contributed by atoms with Crippen molar-refractivity contribution >= 4 is 27.4 Å². The van der Waals surface area contributed by atoms with Crippen molar-refractivity contribution in [3.05, 3.63) is 33.9 Å². The Morgan fingerprint density at radius 1 is 1.29 bits per heavy atom. The predicted molar refractivity (Wildman–Crippen MR) is 101 cm³/mol. The van der Waals surface area contributed by atoms with Gasteiger partial charge in [-0.2, -0.15) is 0 Å². The monoisotopic (exact) mass is 412 g/mol. The molecule has 1 aromatic rings. The second-order valence-corrected chi connectivity index (χ2v) is 9.21. The third-order valence-electron chi connectivity index (χ3n) is 5.18. The molecule has 1 fully saturated rings. The Hall–Kier alpha value is -2.49. The molecule has 0 aliphatic heterocycles. The summed E-state index contributed by atoms with van der Waals surface area (Å²) in [5.74, 6) is -0.569. The van der Waals surface area contributed by atoms with E-state index in [9.17, 15) is 28.1 Å². The first-order valence-electron chi connectivity index (χ1n) is 8.95. The number of rotatable bonds is 6. The topological polar surface area (TPSA) is 133 Å². The van der Waals surface area contributed by atoms with Crippen molar-refractivity contribution in [1.29, 1.82) is 0 Å². The molecule has 1 saturated carbocycles. The van der Waals surface area contributed by atoms with Crippen LogP contribution in [0.25, 0.3) is 0 Å². The van der Waals surface area contributed by atoms with E-state index in [4.69, 9.17) is 4.74 Å². The second kappa shape index (κ2) is 8.68. The molecular weight excluding hydrogens is 388 g/mol. The van der Waals surface area contributed by atoms with Gasteiger partial charge in [0.05, 0.1) is 10.5 Å². The molecule has 0 bridgehead atoms. The number of ether oxygens (including phenoxy) is 1. The summed E-state index contributed by atoms with van der Waals surface area (Å²) in [6, 6.07) is 2.95. The number of carbonyl (C=O) groups excluding carboxylic acids is 2. The number of nitro groups is 1. The highest BCUT2D eigenvalue weighted by molar-refractivity contribution is 7.90. The maximum Gasteiger partial charge on any atom is 0.338 e. The van der Waals surface area contributed by atoms with Gasteiger partial charge < -0.3 is 10.1 Å². The Kier molecular flexibility index (Phi) is 6.76. The van der Waals surface area contributed by atoms with E-state index in [0.29, 0.717) is 11.8 Å². The highest BCUT2D eigenvalue weighted by Crippen LogP contribution is 2.29. The van der Waals surface area contributed by atoms with Crippen LogP contribution in [0.4, 0.5) is 5.69 Å². The van der Waals surface area contributed by atoms with E-state index in [2.05, 4.69) is 19.2 Å². The number of hydrogen-bond acceptors (Lipinski definition) is 7. The smallest absolute Gasteiger partial charge is 0.338 e. The van der Waals surface area contributed by atoms with Crippen LogP contribution < -0.4 is 5.32 Å². The SMILES string of the molecule is C[C@@H]1[C@H](C)CCC[C@H]1NC(=O)COC(=O)c1ccc(S(C)(=O)=O)c([N+](=O)[O-])c1. The molecule has 0 aromatic heterocycles. The molecule has 1 N–H and O–H groups in total. The summed E-state index contributed by atoms with van der Waals surface area (Å²) in [5, 5.41) is 14.0. The van der Waals surface area contributed by atoms with Crippen molar-refractivity contribution in [3.8, 4) is 0 Å². The molecule has 154 valence electrons. The van der Waals surface area contributed by atoms with Gasteiger partial charge in [0.1, 0.15) is 4.90 Å². The quantitative estimate of drug-likeness (QED) is 0.430. The number of sulfone groups is 1. The minimum absolute atomic E-state index is 0.0186. The Morgan fingerprint density at radius 2 is 1.96 bits per heavy atom. The second-order valence-electron chi connectivity index (χ2n) is 7.23. The van der Waals surface area contributed by atoms with Gasteiger partial charge in [0.25, 0.3) is 11.6 Å². The fraction of sp³-hybridized carbons (Fsp3) is 0.556. The first-order chi connectivity index (χ1) is 13.0. The standard InChI is InChI=1S/C18H24N2O7S/c1-11-5-4-6-14(12(11)2)19-17(21)10-27-18(22)13-7-8-16(28(3,25)26)15(9-13)20(23)24/h7-9,11-12,14H,4-6,10H2,1-3H3,(H,19,21)/t11-,12-,14-/m1/s1. The van der Waals surface area contributed by atoms with Crippen molar-refractivity contribution in [3.63, 3.8) is 0 Å². The highest BCUT2D eigenvalue weighted by atomic mass is 32.2. The predicted octanol–water partition coefficient (Wildman–Crippen LogP) is 2.10. The Labute approximate surface area is 163 Å². The molecule has 1 aliphatic carbocycles. The summed E-state index contributed by atoms with van der Waals surface area (Å²) < 4.78 is 28.2. The largest absolute Gasteiger partial charge is 0.452 e. The van der Waals surface area contributed by atoms with Gasteiger partial charge in [-0.15, -0.1) is 0 Å². The first-order valence-corrected chi connectivity index (χ1v) is 10.8. The summed E-state index contributed by atoms with van der Waals surface area (Å²) in [5.41, 5.74) is -0.919. The summed E-state index contributed by atoms with van der Waals surface area (Å²) in [4.78, 5) is 33.9. The van der Waals surface area contributed by atoms with E-state index in [1.165, 1.54) is 0 Å². The van der Waals surface area contributed by atoms with Crippen LogP contribution in [-0.2, 0) is 19.4 Å². The van der Waals surface area contributed by atoms with E-state index >= 15 is 0 Å². The molecule has 10 heteroatoms. The van der Waals surface area contributed by atoms with Crippen LogP contribution in [0.3, 0.4) is 0 Å². The van der Waals surface area contributed by atoms with Crippen LogP contribution in [0.1, 0.15) is 43.5 Å². The third-order valence-corrected chi connectivity index (χ3v) is 6.32. The van der Waals surface area contributed by atoms with E-state index < -0.39 is 43.8 Å². The molecule has 9 nitrogen and oxygen atoms in total. The van der Waals surface area contributed by atoms with Gasteiger partial charge in [0, 0.05) is 18.4 Å². The molecule has 0 spiro atoms. The molecule has 0 saturated heterocycles. The zero-order chi connectivity index (χ0) is 21.1. The molecule has 28 heavy (non-hydrogen) atoms. The molecule has 0 radical (unpaired) electrons. The molecule has 2 rings (SSSR count). The lowest BCUT2D eigenvalue weighted by molar-refractivity contribution is -0.387. The van der Waals surface area contributed by atoms with Crippen LogP contribution in [0.5, 0.6) is 0 Å². The lowest BCUT2D eigenvalue weighted by atomic mass is 9.78. The number of benzene rings is 1. The fourth-order valence-corrected chi connectivity index (χ4v) is 4.18. The van der Waals surface area contributed by atoms with Gasteiger partial charge in [-0.3, -0.25) is 14.9 Å². The van der Waals surface area contributed by atoms with Crippen LogP contribution >= 0.6 is 0 Å². The van der Waals surface area contributed by atoms with Gasteiger partial charge in [-0.1, -0.05) is 26.7 Å². The number of carbonyl (C=O) groups is 2. The first kappa shape index (κ1) is 21.8. The fourth-order valence-electron chi connectivity index (χ4n) is 3.35. The summed E-state index contributed by atoms with van der Waals surface area (Å²) in [6.07, 6.45) is 3.84. The molecule has 1 amide bonds. The molecule has 0 unspecified atom stereocenters. The Bertz CT molecular complexity index is 882. The minimum Gasteiger partial charge on any atom is -0.452 e. The number of esters is 1. The zero-order valence-corrected chi connectivity index (χ0v) is 16.8. The molecule has 1 aromatic carbocycles. The van der Waals surface area contributed by atoms with E-state index in [0.717, 1.165) is 43.7 Å². The zero-order valence-electron chi connectivity index (χ0n) is 16.0. The van der Waals surface area contributed by atoms with Crippen LogP contribution in [-0.4, -0.2) is 44.1 Å². The number of nitrogens with zero attached hydrogens (tertiary/aromatic N) is 1. The van der Waals surface area contributed by atoms with Crippen LogP contribution in [0, 0.1) is 22.0 Å². The number of nitrogens with one attached hydrogen (secondary N) is 1. The van der Waals surface area contributed by atoms with Crippen molar-refractivity contribution in [2.24, 2.45) is 11.8 Å². The third kappa shape index (κ3) is 5.28. The maximum absolute atomic E-state index is 12.1. The normalized spacial score (nSPS) is 22.3. The Morgan fingerprint density at radius 3 is 2.57 bits per heavy atom. The van der Waals surface area contributed by atoms with Crippen LogP contribution in [0.2, 0.25) is 0 Å². The summed E-state index contributed by atoms with van der Waals surface area (Å²) >= 11 is 0. The molecular formula is C18H24N2O7S. The number of amides is 1. The lowest BCUT2D eigenvalue weighted by Crippen LogP contribution is -2.45.